The highest BCUT2D eigenvalue weighted by Crippen LogP contribution is 2.11. The van der Waals surface area contributed by atoms with Crippen molar-refractivity contribution in [3.63, 3.8) is 0 Å². The van der Waals surface area contributed by atoms with Crippen LogP contribution in [0.3, 0.4) is 0 Å². The van der Waals surface area contributed by atoms with Crippen molar-refractivity contribution >= 4 is 0 Å². The molecule has 0 atom stereocenters. The molecular weight excluding hydrogens is 234 g/mol. The minimum absolute atomic E-state index is 0.833. The van der Waals surface area contributed by atoms with Crippen LogP contribution in [0.25, 0.3) is 0 Å². The van der Waals surface area contributed by atoms with Gasteiger partial charge in [-0.25, -0.2) is 0 Å². The van der Waals surface area contributed by atoms with E-state index in [-0.39, 0.29) is 0 Å². The molecule has 0 aromatic carbocycles. The van der Waals surface area contributed by atoms with Crippen LogP contribution in [0.4, 0.5) is 0 Å². The van der Waals surface area contributed by atoms with Crippen molar-refractivity contribution < 1.29 is 9.22 Å². The first-order valence-electron chi connectivity index (χ1n) is 8.52. The monoisotopic (exact) mass is 272 g/mol. The Bertz CT molecular complexity index is 180. The van der Waals surface area contributed by atoms with Gasteiger partial charge in [-0.15, -0.1) is 0 Å². The lowest BCUT2D eigenvalue weighted by Crippen LogP contribution is -2.42. The largest absolute Gasteiger partial charge is 0.332 e. The average Bonchev–Trinajstić information content (AvgIpc) is 2.38. The van der Waals surface area contributed by atoms with Crippen LogP contribution < -0.4 is 0 Å². The molecule has 2 heteroatoms. The molecule has 0 fully saturated rings. The average molecular weight is 272 g/mol. The molecule has 0 radical (unpaired) electrons. The summed E-state index contributed by atoms with van der Waals surface area (Å²) in [6.07, 6.45) is 14.2. The van der Waals surface area contributed by atoms with Crippen molar-refractivity contribution in [1.29, 1.82) is 0 Å². The van der Waals surface area contributed by atoms with Gasteiger partial charge in [0.05, 0.1) is 20.6 Å². The summed E-state index contributed by atoms with van der Waals surface area (Å²) in [7, 11) is 4.53. The van der Waals surface area contributed by atoms with Gasteiger partial charge in [-0.1, -0.05) is 58.3 Å². The summed E-state index contributed by atoms with van der Waals surface area (Å²) in [4.78, 5) is 0. The van der Waals surface area contributed by atoms with Crippen LogP contribution in [0.1, 0.15) is 78.1 Å². The molecule has 0 aliphatic heterocycles. The summed E-state index contributed by atoms with van der Waals surface area (Å²) in [5.74, 6) is 0. The molecule has 0 rings (SSSR count). The van der Waals surface area contributed by atoms with E-state index in [4.69, 9.17) is 4.74 Å². The van der Waals surface area contributed by atoms with Crippen LogP contribution in [0.15, 0.2) is 0 Å². The first-order chi connectivity index (χ1) is 9.12. The second-order valence-corrected chi connectivity index (χ2v) is 6.46. The van der Waals surface area contributed by atoms with Crippen molar-refractivity contribution in [1.82, 2.24) is 0 Å². The molecule has 0 bridgehead atoms. The molecule has 0 heterocycles. The van der Waals surface area contributed by atoms with E-state index >= 15 is 0 Å². The van der Waals surface area contributed by atoms with E-state index in [0.717, 1.165) is 17.8 Å². The minimum Gasteiger partial charge on any atom is -0.332 e. The fraction of sp³-hybridized carbons (Fsp3) is 1.00. The molecule has 0 N–H and O–H groups in total. The number of hydrogen-bond acceptors (Lipinski definition) is 1. The molecule has 0 aromatic heterocycles. The molecule has 2 nitrogen and oxygen atoms in total. The first kappa shape index (κ1) is 18.9. The molecule has 0 amide bonds. The Kier molecular flexibility index (Phi) is 12.9. The molecule has 0 saturated carbocycles. The molecule has 0 aromatic rings. The Morgan fingerprint density at radius 1 is 0.684 bits per heavy atom. The van der Waals surface area contributed by atoms with Gasteiger partial charge in [-0.3, -0.25) is 0 Å². The van der Waals surface area contributed by atoms with E-state index in [2.05, 4.69) is 27.9 Å². The molecule has 0 aliphatic rings. The second kappa shape index (κ2) is 12.9. The zero-order valence-electron chi connectivity index (χ0n) is 14.0. The Labute approximate surface area is 122 Å². The number of quaternary nitrogens is 1. The Hall–Kier alpha value is -0.0800. The summed E-state index contributed by atoms with van der Waals surface area (Å²) in [6.45, 7) is 7.29. The Morgan fingerprint density at radius 3 is 1.63 bits per heavy atom. The third kappa shape index (κ3) is 14.1. The Balaban J connectivity index is 3.21. The van der Waals surface area contributed by atoms with Crippen LogP contribution in [0, 0.1) is 0 Å². The SMILES string of the molecule is CCCCCCCCCCCC[N+](C)(C)COCC. The van der Waals surface area contributed by atoms with Crippen molar-refractivity contribution in [3.05, 3.63) is 0 Å². The predicted molar refractivity (Wildman–Crippen MR) is 85.3 cm³/mol. The van der Waals surface area contributed by atoms with E-state index in [9.17, 15) is 0 Å². The Morgan fingerprint density at radius 2 is 1.16 bits per heavy atom. The van der Waals surface area contributed by atoms with Gasteiger partial charge in [-0.2, -0.15) is 0 Å². The van der Waals surface area contributed by atoms with Gasteiger partial charge in [0, 0.05) is 6.61 Å². The molecule has 0 aliphatic carbocycles. The van der Waals surface area contributed by atoms with E-state index in [0.29, 0.717) is 0 Å². The van der Waals surface area contributed by atoms with Crippen LogP contribution in [-0.4, -0.2) is 38.5 Å². The van der Waals surface area contributed by atoms with Crippen LogP contribution >= 0.6 is 0 Å². The quantitative estimate of drug-likeness (QED) is 0.246. The van der Waals surface area contributed by atoms with Crippen LogP contribution in [0.2, 0.25) is 0 Å². The number of ether oxygens (including phenoxy) is 1. The van der Waals surface area contributed by atoms with Crippen molar-refractivity contribution in [2.24, 2.45) is 0 Å². The van der Waals surface area contributed by atoms with Gasteiger partial charge in [0.25, 0.3) is 0 Å². The van der Waals surface area contributed by atoms with E-state index < -0.39 is 0 Å². The summed E-state index contributed by atoms with van der Waals surface area (Å²) < 4.78 is 6.52. The highest BCUT2D eigenvalue weighted by Gasteiger charge is 2.13. The summed E-state index contributed by atoms with van der Waals surface area (Å²) in [6, 6.07) is 0. The van der Waals surface area contributed by atoms with E-state index in [1.165, 1.54) is 70.8 Å². The zero-order chi connectivity index (χ0) is 14.4. The minimum atomic E-state index is 0.833. The molecular formula is C17H38NO+. The van der Waals surface area contributed by atoms with E-state index in [1.807, 2.05) is 0 Å². The number of nitrogens with zero attached hydrogens (tertiary/aromatic N) is 1. The predicted octanol–water partition coefficient (Wildman–Crippen LogP) is 4.98. The smallest absolute Gasteiger partial charge is 0.182 e. The van der Waals surface area contributed by atoms with Gasteiger partial charge in [0.2, 0.25) is 0 Å². The summed E-state index contributed by atoms with van der Waals surface area (Å²) >= 11 is 0. The van der Waals surface area contributed by atoms with Gasteiger partial charge in [-0.05, 0) is 19.8 Å². The summed E-state index contributed by atoms with van der Waals surface area (Å²) in [5, 5.41) is 0. The second-order valence-electron chi connectivity index (χ2n) is 6.46. The lowest BCUT2D eigenvalue weighted by molar-refractivity contribution is -0.909. The lowest BCUT2D eigenvalue weighted by atomic mass is 10.1. The maximum atomic E-state index is 5.51. The van der Waals surface area contributed by atoms with Crippen LogP contribution in [0.5, 0.6) is 0 Å². The van der Waals surface area contributed by atoms with Gasteiger partial charge in [0.1, 0.15) is 0 Å². The normalized spacial score (nSPS) is 12.0. The highest BCUT2D eigenvalue weighted by molar-refractivity contribution is 4.47. The fourth-order valence-electron chi connectivity index (χ4n) is 2.43. The topological polar surface area (TPSA) is 9.23 Å². The maximum Gasteiger partial charge on any atom is 0.182 e. The van der Waals surface area contributed by atoms with E-state index in [1.54, 1.807) is 0 Å². The van der Waals surface area contributed by atoms with Crippen molar-refractivity contribution in [2.75, 3.05) is 34.0 Å². The fourth-order valence-corrected chi connectivity index (χ4v) is 2.43. The maximum absolute atomic E-state index is 5.51. The standard InChI is InChI=1S/C17H38NO/c1-5-7-8-9-10-11-12-13-14-15-16-18(3,4)17-19-6-2/h5-17H2,1-4H3/q+1. The molecule has 116 valence electrons. The van der Waals surface area contributed by atoms with Gasteiger partial charge in [0.15, 0.2) is 6.73 Å². The number of unbranched alkanes of at least 4 members (excludes halogenated alkanes) is 9. The lowest BCUT2D eigenvalue weighted by Gasteiger charge is -2.29. The molecule has 0 unspecified atom stereocenters. The molecule has 0 saturated heterocycles. The van der Waals surface area contributed by atoms with Crippen molar-refractivity contribution in [2.45, 2.75) is 78.1 Å². The first-order valence-corrected chi connectivity index (χ1v) is 8.52. The highest BCUT2D eigenvalue weighted by atomic mass is 16.5. The third-order valence-corrected chi connectivity index (χ3v) is 3.76. The number of hydrogen-bond donors (Lipinski definition) is 0. The number of rotatable bonds is 14. The van der Waals surface area contributed by atoms with Crippen molar-refractivity contribution in [3.8, 4) is 0 Å². The molecule has 19 heavy (non-hydrogen) atoms. The van der Waals surface area contributed by atoms with Gasteiger partial charge >= 0.3 is 0 Å². The third-order valence-electron chi connectivity index (χ3n) is 3.76. The molecule has 0 spiro atoms. The summed E-state index contributed by atoms with van der Waals surface area (Å²) in [5.41, 5.74) is 0. The van der Waals surface area contributed by atoms with Gasteiger partial charge < -0.3 is 9.22 Å². The van der Waals surface area contributed by atoms with Crippen LogP contribution in [-0.2, 0) is 4.74 Å². The zero-order valence-corrected chi connectivity index (χ0v) is 14.0.